The van der Waals surface area contributed by atoms with Crippen molar-refractivity contribution in [1.82, 2.24) is 4.90 Å². The number of methoxy groups -OCH3 is 2. The molecule has 1 saturated heterocycles. The summed E-state index contributed by atoms with van der Waals surface area (Å²) in [5.41, 5.74) is 1.74. The Balaban J connectivity index is 1.95. The minimum Gasteiger partial charge on any atom is -0.497 e. The van der Waals surface area contributed by atoms with Crippen molar-refractivity contribution in [2.24, 2.45) is 0 Å². The molecule has 4 nitrogen and oxygen atoms in total. The second-order valence-corrected chi connectivity index (χ2v) is 7.02. The van der Waals surface area contributed by atoms with E-state index in [1.165, 1.54) is 0 Å². The standard InChI is InChI=1S/C19H20INO3/c1-23-15-8-9-18(24-2)16(12-15)17-7-4-10-21(17)19(22)13-5-3-6-14(20)11-13/h3,5-6,8-9,11-12,17H,4,7,10H2,1-2H3/t17-/m1/s1. The van der Waals surface area contributed by atoms with E-state index in [0.717, 1.165) is 45.6 Å². The van der Waals surface area contributed by atoms with Gasteiger partial charge in [0.2, 0.25) is 0 Å². The molecule has 2 aromatic carbocycles. The molecule has 126 valence electrons. The lowest BCUT2D eigenvalue weighted by atomic mass is 10.0. The smallest absolute Gasteiger partial charge is 0.254 e. The lowest BCUT2D eigenvalue weighted by Crippen LogP contribution is -2.30. The minimum atomic E-state index is 0.0143. The fourth-order valence-corrected chi connectivity index (χ4v) is 3.76. The molecule has 2 aromatic rings. The first-order valence-electron chi connectivity index (χ1n) is 7.92. The summed E-state index contributed by atoms with van der Waals surface area (Å²) in [5.74, 6) is 1.64. The molecule has 24 heavy (non-hydrogen) atoms. The second kappa shape index (κ2) is 7.42. The number of rotatable bonds is 4. The average Bonchev–Trinajstić information content (AvgIpc) is 3.10. The van der Waals surface area contributed by atoms with Crippen LogP contribution in [-0.4, -0.2) is 31.6 Å². The van der Waals surface area contributed by atoms with Crippen LogP contribution in [-0.2, 0) is 0 Å². The lowest BCUT2D eigenvalue weighted by Gasteiger charge is -2.27. The van der Waals surface area contributed by atoms with Gasteiger partial charge < -0.3 is 14.4 Å². The van der Waals surface area contributed by atoms with Gasteiger partial charge in [0.15, 0.2) is 0 Å². The minimum absolute atomic E-state index is 0.0143. The number of ether oxygens (including phenoxy) is 2. The summed E-state index contributed by atoms with van der Waals surface area (Å²) in [7, 11) is 3.31. The Morgan fingerprint density at radius 2 is 2.00 bits per heavy atom. The van der Waals surface area contributed by atoms with Crippen molar-refractivity contribution >= 4 is 28.5 Å². The van der Waals surface area contributed by atoms with Crippen molar-refractivity contribution in [3.8, 4) is 11.5 Å². The van der Waals surface area contributed by atoms with Crippen molar-refractivity contribution in [2.75, 3.05) is 20.8 Å². The summed E-state index contributed by atoms with van der Waals surface area (Å²) in [6.07, 6.45) is 1.92. The van der Waals surface area contributed by atoms with Gasteiger partial charge in [0.1, 0.15) is 11.5 Å². The maximum absolute atomic E-state index is 13.0. The summed E-state index contributed by atoms with van der Waals surface area (Å²) in [6, 6.07) is 13.5. The van der Waals surface area contributed by atoms with E-state index in [9.17, 15) is 4.79 Å². The number of likely N-dealkylation sites (tertiary alicyclic amines) is 1. The van der Waals surface area contributed by atoms with Crippen LogP contribution in [0.25, 0.3) is 0 Å². The summed E-state index contributed by atoms with van der Waals surface area (Å²) in [5, 5.41) is 0. The molecule has 0 N–H and O–H groups in total. The van der Waals surface area contributed by atoms with Crippen molar-refractivity contribution < 1.29 is 14.3 Å². The summed E-state index contributed by atoms with van der Waals surface area (Å²) in [6.45, 7) is 0.759. The Bertz CT molecular complexity index is 747. The molecule has 1 heterocycles. The average molecular weight is 437 g/mol. The van der Waals surface area contributed by atoms with Gasteiger partial charge in [-0.15, -0.1) is 0 Å². The highest BCUT2D eigenvalue weighted by Gasteiger charge is 2.32. The largest absolute Gasteiger partial charge is 0.497 e. The van der Waals surface area contributed by atoms with Gasteiger partial charge in [0, 0.05) is 21.2 Å². The predicted molar refractivity (Wildman–Crippen MR) is 102 cm³/mol. The SMILES string of the molecule is COc1ccc(OC)c([C@H]2CCCN2C(=O)c2cccc(I)c2)c1. The monoisotopic (exact) mass is 437 g/mol. The summed E-state index contributed by atoms with van der Waals surface area (Å²) < 4.78 is 11.9. The van der Waals surface area contributed by atoms with E-state index < -0.39 is 0 Å². The van der Waals surface area contributed by atoms with Crippen LogP contribution in [0.5, 0.6) is 11.5 Å². The van der Waals surface area contributed by atoms with E-state index in [1.54, 1.807) is 14.2 Å². The normalized spacial score (nSPS) is 17.0. The number of hydrogen-bond acceptors (Lipinski definition) is 3. The lowest BCUT2D eigenvalue weighted by molar-refractivity contribution is 0.0734. The van der Waals surface area contributed by atoms with Crippen LogP contribution in [0.15, 0.2) is 42.5 Å². The maximum Gasteiger partial charge on any atom is 0.254 e. The zero-order chi connectivity index (χ0) is 17.1. The van der Waals surface area contributed by atoms with E-state index in [-0.39, 0.29) is 11.9 Å². The number of amides is 1. The van der Waals surface area contributed by atoms with Crippen LogP contribution in [0.3, 0.4) is 0 Å². The zero-order valence-corrected chi connectivity index (χ0v) is 15.9. The highest BCUT2D eigenvalue weighted by atomic mass is 127. The van der Waals surface area contributed by atoms with Crippen LogP contribution in [0, 0.1) is 3.57 Å². The van der Waals surface area contributed by atoms with Gasteiger partial charge in [0.05, 0.1) is 20.3 Å². The van der Waals surface area contributed by atoms with Crippen LogP contribution in [0.4, 0.5) is 0 Å². The van der Waals surface area contributed by atoms with Crippen molar-refractivity contribution in [1.29, 1.82) is 0 Å². The van der Waals surface area contributed by atoms with E-state index in [4.69, 9.17) is 9.47 Å². The van der Waals surface area contributed by atoms with Gasteiger partial charge in [-0.3, -0.25) is 4.79 Å². The Hall–Kier alpha value is -1.76. The Morgan fingerprint density at radius 3 is 2.71 bits per heavy atom. The van der Waals surface area contributed by atoms with E-state index in [1.807, 2.05) is 47.4 Å². The molecule has 3 rings (SSSR count). The van der Waals surface area contributed by atoms with E-state index in [2.05, 4.69) is 22.6 Å². The van der Waals surface area contributed by atoms with Gasteiger partial charge in [-0.2, -0.15) is 0 Å². The van der Waals surface area contributed by atoms with Crippen LogP contribution >= 0.6 is 22.6 Å². The molecule has 1 aliphatic rings. The van der Waals surface area contributed by atoms with Gasteiger partial charge in [-0.1, -0.05) is 6.07 Å². The van der Waals surface area contributed by atoms with Gasteiger partial charge in [-0.25, -0.2) is 0 Å². The molecule has 0 saturated carbocycles. The molecule has 0 aliphatic carbocycles. The molecule has 5 heteroatoms. The third-order valence-corrected chi connectivity index (χ3v) is 5.05. The maximum atomic E-state index is 13.0. The molecule has 0 bridgehead atoms. The highest BCUT2D eigenvalue weighted by Crippen LogP contribution is 2.39. The van der Waals surface area contributed by atoms with E-state index >= 15 is 0 Å². The molecular formula is C19H20INO3. The van der Waals surface area contributed by atoms with Crippen LogP contribution in [0.2, 0.25) is 0 Å². The van der Waals surface area contributed by atoms with Crippen molar-refractivity contribution in [3.63, 3.8) is 0 Å². The quantitative estimate of drug-likeness (QED) is 0.671. The number of nitrogens with zero attached hydrogens (tertiary/aromatic N) is 1. The second-order valence-electron chi connectivity index (χ2n) is 5.77. The Morgan fingerprint density at radius 1 is 1.17 bits per heavy atom. The fourth-order valence-electron chi connectivity index (χ4n) is 3.22. The molecule has 0 radical (unpaired) electrons. The predicted octanol–water partition coefficient (Wildman–Crippen LogP) is 4.29. The third kappa shape index (κ3) is 3.36. The highest BCUT2D eigenvalue weighted by molar-refractivity contribution is 14.1. The first-order chi connectivity index (χ1) is 11.6. The molecule has 0 aromatic heterocycles. The summed E-state index contributed by atoms with van der Waals surface area (Å²) >= 11 is 2.23. The summed E-state index contributed by atoms with van der Waals surface area (Å²) in [4.78, 5) is 14.9. The van der Waals surface area contributed by atoms with Crippen molar-refractivity contribution in [2.45, 2.75) is 18.9 Å². The topological polar surface area (TPSA) is 38.8 Å². The van der Waals surface area contributed by atoms with Gasteiger partial charge in [-0.05, 0) is 71.8 Å². The molecule has 0 unspecified atom stereocenters. The zero-order valence-electron chi connectivity index (χ0n) is 13.8. The molecule has 1 fully saturated rings. The number of benzene rings is 2. The van der Waals surface area contributed by atoms with E-state index in [0.29, 0.717) is 0 Å². The van der Waals surface area contributed by atoms with Crippen molar-refractivity contribution in [3.05, 3.63) is 57.2 Å². The first-order valence-corrected chi connectivity index (χ1v) is 9.00. The fraction of sp³-hybridized carbons (Fsp3) is 0.316. The number of carbonyl (C=O) groups is 1. The number of carbonyl (C=O) groups excluding carboxylic acids is 1. The van der Waals surface area contributed by atoms with Crippen LogP contribution < -0.4 is 9.47 Å². The molecule has 1 amide bonds. The molecule has 1 atom stereocenters. The number of hydrogen-bond donors (Lipinski definition) is 0. The molecular weight excluding hydrogens is 417 g/mol. The Labute approximate surface area is 155 Å². The first kappa shape index (κ1) is 17.1. The van der Waals surface area contributed by atoms with Gasteiger partial charge in [0.25, 0.3) is 5.91 Å². The number of halogens is 1. The Kier molecular flexibility index (Phi) is 5.28. The van der Waals surface area contributed by atoms with Gasteiger partial charge >= 0.3 is 0 Å². The molecule has 0 spiro atoms. The van der Waals surface area contributed by atoms with Crippen LogP contribution in [0.1, 0.15) is 34.8 Å². The molecule has 1 aliphatic heterocycles. The third-order valence-electron chi connectivity index (χ3n) is 4.38.